The minimum atomic E-state index is -3.64. The Morgan fingerprint density at radius 3 is 2.63 bits per heavy atom. The zero-order valence-corrected chi connectivity index (χ0v) is 18.3. The zero-order valence-electron chi connectivity index (χ0n) is 16.7. The number of hydrogen-bond acceptors (Lipinski definition) is 7. The summed E-state index contributed by atoms with van der Waals surface area (Å²) in [5, 5.41) is 0.578. The monoisotopic (exact) mass is 446 g/mol. The Morgan fingerprint density at radius 1 is 1.17 bits per heavy atom. The molecular weight excluding hydrogens is 424 g/mol. The van der Waals surface area contributed by atoms with E-state index in [0.717, 1.165) is 16.0 Å². The molecule has 0 saturated carbocycles. The third-order valence-electron chi connectivity index (χ3n) is 5.12. The smallest absolute Gasteiger partial charge is 0.274 e. The summed E-state index contributed by atoms with van der Waals surface area (Å²) in [7, 11) is -2.03. The highest BCUT2D eigenvalue weighted by molar-refractivity contribution is 7.89. The van der Waals surface area contributed by atoms with Crippen molar-refractivity contribution in [3.05, 3.63) is 48.0 Å². The van der Waals surface area contributed by atoms with Gasteiger partial charge in [-0.1, -0.05) is 23.5 Å². The molecule has 0 aliphatic carbocycles. The predicted octanol–water partition coefficient (Wildman–Crippen LogP) is 3.74. The van der Waals surface area contributed by atoms with Gasteiger partial charge in [0.1, 0.15) is 11.9 Å². The Morgan fingerprint density at radius 2 is 1.93 bits per heavy atom. The molecule has 0 N–H and O–H groups in total. The van der Waals surface area contributed by atoms with Gasteiger partial charge in [-0.2, -0.15) is 4.31 Å². The Kier molecular flexibility index (Phi) is 5.77. The summed E-state index contributed by atoms with van der Waals surface area (Å²) in [6, 6.07) is 11.9. The number of piperidine rings is 1. The average molecular weight is 447 g/mol. The van der Waals surface area contributed by atoms with Crippen molar-refractivity contribution in [3.8, 4) is 10.9 Å². The van der Waals surface area contributed by atoms with Crippen molar-refractivity contribution in [3.63, 3.8) is 0 Å². The van der Waals surface area contributed by atoms with E-state index in [1.807, 2.05) is 18.2 Å². The number of rotatable bonds is 6. The van der Waals surface area contributed by atoms with Gasteiger partial charge in [-0.05, 0) is 44.0 Å². The van der Waals surface area contributed by atoms with Crippen molar-refractivity contribution in [1.29, 1.82) is 0 Å². The molecule has 0 unspecified atom stereocenters. The Bertz CT molecular complexity index is 1180. The largest absolute Gasteiger partial charge is 0.497 e. The van der Waals surface area contributed by atoms with Gasteiger partial charge in [-0.25, -0.2) is 13.4 Å². The second-order valence-corrected chi connectivity index (χ2v) is 10.0. The van der Waals surface area contributed by atoms with E-state index in [1.165, 1.54) is 34.7 Å². The number of Topliss-reactive ketones (excluding diaryl/α,β-unsaturated/α-hetero) is 1. The average Bonchev–Trinajstić information content (AvgIpc) is 3.15. The highest BCUT2D eigenvalue weighted by Crippen LogP contribution is 2.32. The zero-order chi connectivity index (χ0) is 21.3. The van der Waals surface area contributed by atoms with E-state index >= 15 is 0 Å². The molecule has 30 heavy (non-hydrogen) atoms. The third kappa shape index (κ3) is 4.19. The van der Waals surface area contributed by atoms with Gasteiger partial charge in [0.05, 0.1) is 22.2 Å². The number of carbonyl (C=O) groups excluding carboxylic acids is 1. The maximum Gasteiger partial charge on any atom is 0.274 e. The summed E-state index contributed by atoms with van der Waals surface area (Å²) in [4.78, 5) is 16.2. The maximum absolute atomic E-state index is 13.0. The number of thiazole rings is 1. The fourth-order valence-corrected chi connectivity index (χ4v) is 5.80. The highest BCUT2D eigenvalue weighted by Gasteiger charge is 2.31. The van der Waals surface area contributed by atoms with Crippen molar-refractivity contribution in [2.24, 2.45) is 0 Å². The summed E-state index contributed by atoms with van der Waals surface area (Å²) < 4.78 is 39.6. The molecule has 1 fully saturated rings. The number of ether oxygens (including phenoxy) is 2. The van der Waals surface area contributed by atoms with Gasteiger partial charge in [0, 0.05) is 24.7 Å². The number of ketones is 1. The lowest BCUT2D eigenvalue weighted by Crippen LogP contribution is -2.41. The summed E-state index contributed by atoms with van der Waals surface area (Å²) in [6.07, 6.45) is 1.05. The van der Waals surface area contributed by atoms with E-state index < -0.39 is 10.0 Å². The van der Waals surface area contributed by atoms with Crippen LogP contribution in [0.3, 0.4) is 0 Å². The second kappa shape index (κ2) is 8.33. The standard InChI is InChI=1S/C21H22N2O5S2/c1-14(24)15-4-3-5-18(12-15)30(25,26)23-10-8-16(9-11-23)28-21-22-19-13-17(27-2)6-7-20(19)29-21/h3-7,12-13,16H,8-11H2,1-2H3. The van der Waals surface area contributed by atoms with E-state index in [0.29, 0.717) is 36.7 Å². The molecule has 0 atom stereocenters. The van der Waals surface area contributed by atoms with Crippen molar-refractivity contribution in [2.75, 3.05) is 20.2 Å². The number of nitrogens with zero attached hydrogens (tertiary/aromatic N) is 2. The van der Waals surface area contributed by atoms with Crippen LogP contribution in [0.25, 0.3) is 10.2 Å². The normalized spacial score (nSPS) is 15.9. The van der Waals surface area contributed by atoms with Gasteiger partial charge < -0.3 is 9.47 Å². The molecule has 1 aliphatic heterocycles. The molecule has 4 rings (SSSR count). The van der Waals surface area contributed by atoms with Gasteiger partial charge in [-0.15, -0.1) is 0 Å². The minimum absolute atomic E-state index is 0.0949. The summed E-state index contributed by atoms with van der Waals surface area (Å²) >= 11 is 1.46. The van der Waals surface area contributed by atoms with Crippen LogP contribution in [0.5, 0.6) is 10.9 Å². The van der Waals surface area contributed by atoms with E-state index in [-0.39, 0.29) is 16.8 Å². The molecule has 3 aromatic rings. The maximum atomic E-state index is 13.0. The molecule has 0 spiro atoms. The number of sulfonamides is 1. The van der Waals surface area contributed by atoms with Crippen molar-refractivity contribution < 1.29 is 22.7 Å². The van der Waals surface area contributed by atoms with Crippen LogP contribution in [0.1, 0.15) is 30.1 Å². The highest BCUT2D eigenvalue weighted by atomic mass is 32.2. The Hall–Kier alpha value is -2.49. The molecule has 1 saturated heterocycles. The van der Waals surface area contributed by atoms with Gasteiger partial charge in [0.15, 0.2) is 5.78 Å². The topological polar surface area (TPSA) is 85.8 Å². The van der Waals surface area contributed by atoms with Crippen LogP contribution < -0.4 is 9.47 Å². The van der Waals surface area contributed by atoms with Crippen LogP contribution in [0.2, 0.25) is 0 Å². The fourth-order valence-electron chi connectivity index (χ4n) is 3.42. The molecule has 7 nitrogen and oxygen atoms in total. The first kappa shape index (κ1) is 20.8. The first-order chi connectivity index (χ1) is 14.4. The number of carbonyl (C=O) groups is 1. The van der Waals surface area contributed by atoms with E-state index in [2.05, 4.69) is 4.98 Å². The van der Waals surface area contributed by atoms with Gasteiger partial charge in [0.25, 0.3) is 5.19 Å². The molecule has 0 amide bonds. The second-order valence-electron chi connectivity index (χ2n) is 7.12. The van der Waals surface area contributed by atoms with Gasteiger partial charge >= 0.3 is 0 Å². The number of benzene rings is 2. The van der Waals surface area contributed by atoms with Crippen molar-refractivity contribution in [1.82, 2.24) is 9.29 Å². The number of hydrogen-bond donors (Lipinski definition) is 0. The van der Waals surface area contributed by atoms with E-state index in [9.17, 15) is 13.2 Å². The molecule has 9 heteroatoms. The molecule has 1 aromatic heterocycles. The summed E-state index contributed by atoms with van der Waals surface area (Å²) in [5.41, 5.74) is 1.21. The lowest BCUT2D eigenvalue weighted by molar-refractivity contribution is 0.101. The van der Waals surface area contributed by atoms with Gasteiger partial charge in [-0.3, -0.25) is 4.79 Å². The summed E-state index contributed by atoms with van der Waals surface area (Å²) in [6.45, 7) is 2.14. The van der Waals surface area contributed by atoms with E-state index in [1.54, 1.807) is 19.2 Å². The first-order valence-electron chi connectivity index (χ1n) is 9.59. The molecule has 0 bridgehead atoms. The van der Waals surface area contributed by atoms with Gasteiger partial charge in [0.2, 0.25) is 10.0 Å². The van der Waals surface area contributed by atoms with Crippen LogP contribution in [-0.4, -0.2) is 49.8 Å². The lowest BCUT2D eigenvalue weighted by Gasteiger charge is -2.30. The Labute approximate surface area is 179 Å². The van der Waals surface area contributed by atoms with Crippen LogP contribution in [0.4, 0.5) is 0 Å². The van der Waals surface area contributed by atoms with Crippen LogP contribution in [0.15, 0.2) is 47.4 Å². The number of fused-ring (bicyclic) bond motifs is 1. The van der Waals surface area contributed by atoms with Crippen LogP contribution in [-0.2, 0) is 10.0 Å². The molecule has 0 radical (unpaired) electrons. The fraction of sp³-hybridized carbons (Fsp3) is 0.333. The van der Waals surface area contributed by atoms with Crippen molar-refractivity contribution >= 4 is 37.4 Å². The predicted molar refractivity (Wildman–Crippen MR) is 115 cm³/mol. The molecule has 2 heterocycles. The molecule has 2 aromatic carbocycles. The third-order valence-corrected chi connectivity index (χ3v) is 7.94. The quantitative estimate of drug-likeness (QED) is 0.536. The number of aromatic nitrogens is 1. The molecule has 1 aliphatic rings. The number of methoxy groups -OCH3 is 1. The van der Waals surface area contributed by atoms with Crippen LogP contribution in [0, 0.1) is 0 Å². The summed E-state index contributed by atoms with van der Waals surface area (Å²) in [5.74, 6) is 0.583. The van der Waals surface area contributed by atoms with E-state index in [4.69, 9.17) is 9.47 Å². The van der Waals surface area contributed by atoms with Crippen LogP contribution >= 0.6 is 11.3 Å². The lowest BCUT2D eigenvalue weighted by atomic mass is 10.1. The Balaban J connectivity index is 1.42. The first-order valence-corrected chi connectivity index (χ1v) is 11.8. The SMILES string of the molecule is COc1ccc2sc(OC3CCN(S(=O)(=O)c4cccc(C(C)=O)c4)CC3)nc2c1. The molecular formula is C21H22N2O5S2. The molecule has 158 valence electrons. The minimum Gasteiger partial charge on any atom is -0.497 e. The van der Waals surface area contributed by atoms with Crippen molar-refractivity contribution in [2.45, 2.75) is 30.8 Å².